The summed E-state index contributed by atoms with van der Waals surface area (Å²) >= 11 is 0. The van der Waals surface area contributed by atoms with Gasteiger partial charge in [0.2, 0.25) is 0 Å². The van der Waals surface area contributed by atoms with Gasteiger partial charge in [0, 0.05) is 6.20 Å². The third-order valence-corrected chi connectivity index (χ3v) is 3.90. The molecule has 0 aromatic heterocycles. The van der Waals surface area contributed by atoms with Gasteiger partial charge < -0.3 is 10.6 Å². The van der Waals surface area contributed by atoms with Gasteiger partial charge in [0.1, 0.15) is 5.82 Å². The number of urea groups is 1. The highest BCUT2D eigenvalue weighted by atomic mass is 19.1. The van der Waals surface area contributed by atoms with E-state index in [1.165, 1.54) is 18.3 Å². The van der Waals surface area contributed by atoms with Crippen LogP contribution in [0.15, 0.2) is 91.1 Å². The first-order chi connectivity index (χ1) is 12.7. The Bertz CT molecular complexity index is 822. The quantitative estimate of drug-likeness (QED) is 0.679. The van der Waals surface area contributed by atoms with E-state index in [0.717, 1.165) is 16.7 Å². The molecule has 3 aromatic rings. The van der Waals surface area contributed by atoms with Crippen LogP contribution in [0.3, 0.4) is 0 Å². The summed E-state index contributed by atoms with van der Waals surface area (Å²) in [6.45, 7) is 0. The molecule has 0 radical (unpaired) electrons. The number of hydrogen-bond acceptors (Lipinski definition) is 1. The van der Waals surface area contributed by atoms with Gasteiger partial charge in [-0.1, -0.05) is 72.8 Å². The summed E-state index contributed by atoms with van der Waals surface area (Å²) in [5.74, 6) is -0.290. The number of halogens is 1. The van der Waals surface area contributed by atoms with Gasteiger partial charge in [-0.25, -0.2) is 9.18 Å². The minimum atomic E-state index is -0.318. The van der Waals surface area contributed by atoms with Gasteiger partial charge in [-0.05, 0) is 34.9 Å². The molecule has 2 N–H and O–H groups in total. The van der Waals surface area contributed by atoms with E-state index in [4.69, 9.17) is 0 Å². The molecule has 0 aliphatic rings. The highest BCUT2D eigenvalue weighted by Crippen LogP contribution is 2.21. The van der Waals surface area contributed by atoms with Crippen molar-refractivity contribution in [2.45, 2.75) is 6.04 Å². The van der Waals surface area contributed by atoms with Crippen LogP contribution in [0.4, 0.5) is 9.18 Å². The Kier molecular flexibility index (Phi) is 5.78. The van der Waals surface area contributed by atoms with Crippen molar-refractivity contribution in [1.29, 1.82) is 0 Å². The van der Waals surface area contributed by atoms with Crippen molar-refractivity contribution in [3.05, 3.63) is 114 Å². The molecule has 3 rings (SSSR count). The Morgan fingerprint density at radius 1 is 0.808 bits per heavy atom. The van der Waals surface area contributed by atoms with Gasteiger partial charge in [-0.2, -0.15) is 0 Å². The molecule has 0 unspecified atom stereocenters. The lowest BCUT2D eigenvalue weighted by atomic mass is 9.99. The van der Waals surface area contributed by atoms with Crippen molar-refractivity contribution in [3.63, 3.8) is 0 Å². The molecular weight excluding hydrogens is 327 g/mol. The standard InChI is InChI=1S/C22H19FN2O/c23-20-13-11-17(12-14-20)15-16-24-22(26)25-21(18-7-3-1-4-8-18)19-9-5-2-6-10-19/h1-16,21H,(H2,24,25,26)/b16-15+. The summed E-state index contributed by atoms with van der Waals surface area (Å²) in [7, 11) is 0. The van der Waals surface area contributed by atoms with Crippen LogP contribution >= 0.6 is 0 Å². The molecule has 0 fully saturated rings. The minimum Gasteiger partial charge on any atom is -0.327 e. The average molecular weight is 346 g/mol. The Morgan fingerprint density at radius 2 is 1.35 bits per heavy atom. The zero-order valence-corrected chi connectivity index (χ0v) is 14.1. The molecule has 0 bridgehead atoms. The predicted molar refractivity (Wildman–Crippen MR) is 102 cm³/mol. The van der Waals surface area contributed by atoms with Crippen LogP contribution in [0.5, 0.6) is 0 Å². The zero-order valence-electron chi connectivity index (χ0n) is 14.1. The number of rotatable bonds is 5. The molecule has 3 aromatic carbocycles. The minimum absolute atomic E-state index is 0.253. The number of benzene rings is 3. The molecule has 0 aliphatic heterocycles. The molecule has 130 valence electrons. The molecule has 4 heteroatoms. The lowest BCUT2D eigenvalue weighted by Crippen LogP contribution is -2.35. The maximum Gasteiger partial charge on any atom is 0.319 e. The molecule has 2 amide bonds. The van der Waals surface area contributed by atoms with Crippen LogP contribution in [0, 0.1) is 5.82 Å². The summed E-state index contributed by atoms with van der Waals surface area (Å²) in [5, 5.41) is 5.68. The number of carbonyl (C=O) groups excluding carboxylic acids is 1. The largest absolute Gasteiger partial charge is 0.327 e. The monoisotopic (exact) mass is 346 g/mol. The zero-order chi connectivity index (χ0) is 18.2. The predicted octanol–water partition coefficient (Wildman–Crippen LogP) is 4.89. The van der Waals surface area contributed by atoms with E-state index in [9.17, 15) is 9.18 Å². The second kappa shape index (κ2) is 8.62. The summed E-state index contributed by atoms with van der Waals surface area (Å²) in [5.41, 5.74) is 2.79. The third kappa shape index (κ3) is 4.80. The Balaban J connectivity index is 1.68. The normalized spacial score (nSPS) is 10.8. The van der Waals surface area contributed by atoms with E-state index >= 15 is 0 Å². The summed E-state index contributed by atoms with van der Waals surface area (Å²) in [6, 6.07) is 25.0. The van der Waals surface area contributed by atoms with Crippen LogP contribution in [0.1, 0.15) is 22.7 Å². The Hall–Kier alpha value is -3.40. The topological polar surface area (TPSA) is 41.1 Å². The lowest BCUT2D eigenvalue weighted by molar-refractivity contribution is 0.242. The van der Waals surface area contributed by atoms with E-state index in [-0.39, 0.29) is 17.9 Å². The van der Waals surface area contributed by atoms with Crippen LogP contribution in [-0.2, 0) is 0 Å². The third-order valence-electron chi connectivity index (χ3n) is 3.90. The molecular formula is C22H19FN2O. The molecule has 3 nitrogen and oxygen atoms in total. The van der Waals surface area contributed by atoms with Gasteiger partial charge in [-0.3, -0.25) is 0 Å². The fraction of sp³-hybridized carbons (Fsp3) is 0.0455. The molecule has 0 saturated heterocycles. The van der Waals surface area contributed by atoms with E-state index < -0.39 is 0 Å². The molecule has 0 saturated carbocycles. The average Bonchev–Trinajstić information content (AvgIpc) is 2.69. The SMILES string of the molecule is O=C(N/C=C/c1ccc(F)cc1)NC(c1ccccc1)c1ccccc1. The van der Waals surface area contributed by atoms with E-state index in [2.05, 4.69) is 10.6 Å². The van der Waals surface area contributed by atoms with Crippen molar-refractivity contribution in [2.24, 2.45) is 0 Å². The van der Waals surface area contributed by atoms with E-state index in [1.54, 1.807) is 18.2 Å². The highest BCUT2D eigenvalue weighted by Gasteiger charge is 2.15. The summed E-state index contributed by atoms with van der Waals surface area (Å²) < 4.78 is 12.9. The van der Waals surface area contributed by atoms with Crippen LogP contribution < -0.4 is 10.6 Å². The van der Waals surface area contributed by atoms with Crippen molar-refractivity contribution < 1.29 is 9.18 Å². The van der Waals surface area contributed by atoms with E-state index in [1.807, 2.05) is 60.7 Å². The first-order valence-electron chi connectivity index (χ1n) is 8.31. The molecule has 0 heterocycles. The first kappa shape index (κ1) is 17.4. The maximum absolute atomic E-state index is 12.9. The first-order valence-corrected chi connectivity index (χ1v) is 8.31. The van der Waals surface area contributed by atoms with Crippen LogP contribution in [-0.4, -0.2) is 6.03 Å². The number of amides is 2. The van der Waals surface area contributed by atoms with Crippen molar-refractivity contribution in [3.8, 4) is 0 Å². The molecule has 26 heavy (non-hydrogen) atoms. The Labute approximate surface area is 152 Å². The van der Waals surface area contributed by atoms with Crippen molar-refractivity contribution in [2.75, 3.05) is 0 Å². The number of hydrogen-bond donors (Lipinski definition) is 2. The highest BCUT2D eigenvalue weighted by molar-refractivity contribution is 5.77. The number of nitrogens with one attached hydrogen (secondary N) is 2. The van der Waals surface area contributed by atoms with Gasteiger partial charge in [0.05, 0.1) is 6.04 Å². The van der Waals surface area contributed by atoms with Crippen molar-refractivity contribution in [1.82, 2.24) is 10.6 Å². The van der Waals surface area contributed by atoms with Crippen molar-refractivity contribution >= 4 is 12.1 Å². The summed E-state index contributed by atoms with van der Waals surface area (Å²) in [4.78, 5) is 12.3. The second-order valence-corrected chi connectivity index (χ2v) is 5.76. The van der Waals surface area contributed by atoms with Gasteiger partial charge in [-0.15, -0.1) is 0 Å². The lowest BCUT2D eigenvalue weighted by Gasteiger charge is -2.19. The van der Waals surface area contributed by atoms with Gasteiger partial charge in [0.15, 0.2) is 0 Å². The van der Waals surface area contributed by atoms with Crippen LogP contribution in [0.2, 0.25) is 0 Å². The fourth-order valence-corrected chi connectivity index (χ4v) is 2.61. The Morgan fingerprint density at radius 3 is 1.88 bits per heavy atom. The summed E-state index contributed by atoms with van der Waals surface area (Å²) in [6.07, 6.45) is 3.24. The fourth-order valence-electron chi connectivity index (χ4n) is 2.61. The molecule has 0 atom stereocenters. The van der Waals surface area contributed by atoms with E-state index in [0.29, 0.717) is 0 Å². The second-order valence-electron chi connectivity index (χ2n) is 5.76. The smallest absolute Gasteiger partial charge is 0.319 e. The molecule has 0 aliphatic carbocycles. The van der Waals surface area contributed by atoms with Crippen LogP contribution in [0.25, 0.3) is 6.08 Å². The molecule has 0 spiro atoms. The van der Waals surface area contributed by atoms with Gasteiger partial charge in [0.25, 0.3) is 0 Å². The number of carbonyl (C=O) groups is 1. The maximum atomic E-state index is 12.9. The van der Waals surface area contributed by atoms with Gasteiger partial charge >= 0.3 is 6.03 Å².